The molecule has 0 aliphatic carbocycles. The molecule has 2 rings (SSSR count). The van der Waals surface area contributed by atoms with Crippen LogP contribution in [0.3, 0.4) is 0 Å². The molecule has 2 aromatic rings. The number of hydrogen-bond donors (Lipinski definition) is 2. The molecular formula is C19H25N3O4. The molecule has 1 heterocycles. The minimum Gasteiger partial charge on any atom is -0.464 e. The van der Waals surface area contributed by atoms with E-state index >= 15 is 0 Å². The van der Waals surface area contributed by atoms with Gasteiger partial charge in [0.25, 0.3) is 0 Å². The number of carbonyl (C=O) groups is 2. The number of benzene rings is 1. The fourth-order valence-electron chi connectivity index (χ4n) is 2.56. The smallest absolute Gasteiger partial charge is 0.408 e. The van der Waals surface area contributed by atoms with Gasteiger partial charge in [0, 0.05) is 5.69 Å². The maximum absolute atomic E-state index is 12.2. The second-order valence-electron chi connectivity index (χ2n) is 6.48. The van der Waals surface area contributed by atoms with Gasteiger partial charge in [0.05, 0.1) is 13.2 Å². The summed E-state index contributed by atoms with van der Waals surface area (Å²) in [6.07, 6.45) is 0.113. The van der Waals surface area contributed by atoms with Crippen LogP contribution in [0.1, 0.15) is 53.9 Å². The van der Waals surface area contributed by atoms with Crippen molar-refractivity contribution >= 4 is 12.1 Å². The fraction of sp³-hybridized carbons (Fsp3) is 0.421. The van der Waals surface area contributed by atoms with E-state index in [9.17, 15) is 9.59 Å². The summed E-state index contributed by atoms with van der Waals surface area (Å²) < 4.78 is 10.0. The zero-order chi connectivity index (χ0) is 19.1. The van der Waals surface area contributed by atoms with E-state index in [1.165, 1.54) is 7.11 Å². The number of methoxy groups -OCH3 is 1. The van der Waals surface area contributed by atoms with Crippen LogP contribution in [-0.2, 0) is 16.1 Å². The van der Waals surface area contributed by atoms with Crippen molar-refractivity contribution in [2.45, 2.75) is 39.8 Å². The van der Waals surface area contributed by atoms with Crippen molar-refractivity contribution in [1.29, 1.82) is 0 Å². The minimum absolute atomic E-state index is 0.186. The Hall–Kier alpha value is -2.83. The normalized spacial score (nSPS) is 11.9. The van der Waals surface area contributed by atoms with E-state index in [-0.39, 0.29) is 12.3 Å². The first kappa shape index (κ1) is 19.5. The lowest BCUT2D eigenvalue weighted by Gasteiger charge is -2.18. The maximum atomic E-state index is 12.2. The highest BCUT2D eigenvalue weighted by Crippen LogP contribution is 2.21. The van der Waals surface area contributed by atoms with Crippen molar-refractivity contribution in [3.8, 4) is 0 Å². The van der Waals surface area contributed by atoms with E-state index in [2.05, 4.69) is 15.3 Å². The quantitative estimate of drug-likeness (QED) is 0.738. The lowest BCUT2D eigenvalue weighted by Crippen LogP contribution is -2.30. The molecule has 0 fully saturated rings. The largest absolute Gasteiger partial charge is 0.464 e. The van der Waals surface area contributed by atoms with Crippen molar-refractivity contribution in [2.75, 3.05) is 7.11 Å². The molecule has 1 aromatic heterocycles. The predicted octanol–water partition coefficient (Wildman–Crippen LogP) is 3.52. The molecule has 7 heteroatoms. The summed E-state index contributed by atoms with van der Waals surface area (Å²) in [6.45, 7) is 6.01. The summed E-state index contributed by atoms with van der Waals surface area (Å²) in [7, 11) is 1.31. The number of H-pyrrole nitrogens is 1. The summed E-state index contributed by atoms with van der Waals surface area (Å²) in [5.74, 6) is 0.301. The molecule has 0 unspecified atom stereocenters. The van der Waals surface area contributed by atoms with Gasteiger partial charge in [-0.3, -0.25) is 0 Å². The van der Waals surface area contributed by atoms with Gasteiger partial charge in [0.1, 0.15) is 12.4 Å². The van der Waals surface area contributed by atoms with Crippen molar-refractivity contribution < 1.29 is 19.1 Å². The second kappa shape index (κ2) is 9.03. The number of rotatable bonds is 7. The number of amides is 1. The molecule has 7 nitrogen and oxygen atoms in total. The molecule has 1 amide bonds. The van der Waals surface area contributed by atoms with Gasteiger partial charge in [-0.1, -0.05) is 44.2 Å². The molecule has 1 aromatic carbocycles. The highest BCUT2D eigenvalue weighted by molar-refractivity contribution is 5.88. The third-order valence-electron chi connectivity index (χ3n) is 3.82. The number of carbonyl (C=O) groups excluding carboxylic acids is 2. The Kier molecular flexibility index (Phi) is 6.77. The van der Waals surface area contributed by atoms with E-state index in [1.807, 2.05) is 44.2 Å². The Morgan fingerprint density at radius 2 is 1.92 bits per heavy atom. The molecule has 2 N–H and O–H groups in total. The molecule has 0 saturated heterocycles. The molecule has 140 valence electrons. The molecule has 0 saturated carbocycles. The Morgan fingerprint density at radius 3 is 2.54 bits per heavy atom. The number of imidazole rings is 1. The Morgan fingerprint density at radius 1 is 1.23 bits per heavy atom. The van der Waals surface area contributed by atoms with Crippen molar-refractivity contribution in [3.05, 3.63) is 53.1 Å². The van der Waals surface area contributed by atoms with Gasteiger partial charge in [0.15, 0.2) is 5.69 Å². The number of ether oxygens (including phenoxy) is 2. The van der Waals surface area contributed by atoms with Gasteiger partial charge in [0.2, 0.25) is 0 Å². The van der Waals surface area contributed by atoms with Crippen LogP contribution in [0.4, 0.5) is 4.79 Å². The van der Waals surface area contributed by atoms with Crippen LogP contribution in [-0.4, -0.2) is 29.1 Å². The molecule has 0 aliphatic heterocycles. The van der Waals surface area contributed by atoms with E-state index in [1.54, 1.807) is 6.92 Å². The van der Waals surface area contributed by atoms with Crippen LogP contribution in [0.5, 0.6) is 0 Å². The third kappa shape index (κ3) is 5.34. The summed E-state index contributed by atoms with van der Waals surface area (Å²) in [4.78, 5) is 31.3. The Bertz CT molecular complexity index is 740. The van der Waals surface area contributed by atoms with Gasteiger partial charge >= 0.3 is 12.1 Å². The number of aromatic nitrogens is 2. The summed E-state index contributed by atoms with van der Waals surface area (Å²) in [5, 5.41) is 2.83. The molecule has 1 atom stereocenters. The van der Waals surface area contributed by atoms with E-state index in [0.717, 1.165) is 5.56 Å². The zero-order valence-electron chi connectivity index (χ0n) is 15.5. The molecule has 0 bridgehead atoms. The monoisotopic (exact) mass is 359 g/mol. The van der Waals surface area contributed by atoms with E-state index < -0.39 is 18.1 Å². The molecule has 26 heavy (non-hydrogen) atoms. The van der Waals surface area contributed by atoms with Crippen LogP contribution >= 0.6 is 0 Å². The van der Waals surface area contributed by atoms with Gasteiger partial charge in [-0.2, -0.15) is 0 Å². The predicted molar refractivity (Wildman–Crippen MR) is 96.6 cm³/mol. The highest BCUT2D eigenvalue weighted by Gasteiger charge is 2.23. The number of aromatic amines is 1. The third-order valence-corrected chi connectivity index (χ3v) is 3.82. The van der Waals surface area contributed by atoms with Gasteiger partial charge in [-0.15, -0.1) is 0 Å². The van der Waals surface area contributed by atoms with Crippen LogP contribution in [0, 0.1) is 12.8 Å². The molecule has 0 radical (unpaired) electrons. The van der Waals surface area contributed by atoms with Crippen LogP contribution < -0.4 is 5.32 Å². The van der Waals surface area contributed by atoms with Gasteiger partial charge in [-0.25, -0.2) is 14.6 Å². The number of alkyl carbamates (subject to hydrolysis) is 1. The van der Waals surface area contributed by atoms with Gasteiger partial charge < -0.3 is 19.8 Å². The van der Waals surface area contributed by atoms with E-state index in [4.69, 9.17) is 9.47 Å². The SMILES string of the molecule is COC(=O)c1nc([C@H](CC(C)C)NC(=O)OCc2ccccc2)[nH]c1C. The summed E-state index contributed by atoms with van der Waals surface area (Å²) in [6, 6.07) is 9.06. The molecule has 0 spiro atoms. The number of aryl methyl sites for hydroxylation is 1. The minimum atomic E-state index is -0.534. The van der Waals surface area contributed by atoms with Crippen LogP contribution in [0.15, 0.2) is 30.3 Å². The zero-order valence-corrected chi connectivity index (χ0v) is 15.5. The first-order chi connectivity index (χ1) is 12.4. The summed E-state index contributed by atoms with van der Waals surface area (Å²) in [5.41, 5.74) is 1.72. The fourth-order valence-corrected chi connectivity index (χ4v) is 2.56. The Labute approximate surface area is 153 Å². The highest BCUT2D eigenvalue weighted by atomic mass is 16.5. The Balaban J connectivity index is 2.07. The number of nitrogens with one attached hydrogen (secondary N) is 2. The average Bonchev–Trinajstić information content (AvgIpc) is 3.01. The van der Waals surface area contributed by atoms with E-state index in [0.29, 0.717) is 23.9 Å². The van der Waals surface area contributed by atoms with Gasteiger partial charge in [-0.05, 0) is 24.8 Å². The first-order valence-corrected chi connectivity index (χ1v) is 8.52. The molecular weight excluding hydrogens is 334 g/mol. The topological polar surface area (TPSA) is 93.3 Å². The second-order valence-corrected chi connectivity index (χ2v) is 6.48. The summed E-state index contributed by atoms with van der Waals surface area (Å²) >= 11 is 0. The van der Waals surface area contributed by atoms with Crippen molar-refractivity contribution in [3.63, 3.8) is 0 Å². The lowest BCUT2D eigenvalue weighted by atomic mass is 10.0. The number of esters is 1. The lowest BCUT2D eigenvalue weighted by molar-refractivity contribution is 0.0593. The standard InChI is InChI=1S/C19H25N3O4/c1-12(2)10-15(17-20-13(3)16(22-17)18(23)25-4)21-19(24)26-11-14-8-6-5-7-9-14/h5-9,12,15H,10-11H2,1-4H3,(H,20,22)(H,21,24)/t15-/m0/s1. The molecule has 0 aliphatic rings. The number of nitrogens with zero attached hydrogens (tertiary/aromatic N) is 1. The van der Waals surface area contributed by atoms with Crippen molar-refractivity contribution in [1.82, 2.24) is 15.3 Å². The average molecular weight is 359 g/mol. The van der Waals surface area contributed by atoms with Crippen LogP contribution in [0.25, 0.3) is 0 Å². The van der Waals surface area contributed by atoms with Crippen molar-refractivity contribution in [2.24, 2.45) is 5.92 Å². The first-order valence-electron chi connectivity index (χ1n) is 8.52. The maximum Gasteiger partial charge on any atom is 0.408 e. The number of hydrogen-bond acceptors (Lipinski definition) is 5. The van der Waals surface area contributed by atoms with Crippen LogP contribution in [0.2, 0.25) is 0 Å².